The van der Waals surface area contributed by atoms with Gasteiger partial charge in [-0.1, -0.05) is 62.5 Å². The van der Waals surface area contributed by atoms with E-state index in [1.807, 2.05) is 5.32 Å². The molecule has 5 amide bonds. The molecule has 0 aromatic rings. The number of nitrogens with one attached hydrogen (secondary N) is 1. The number of unbranched alkanes of at least 4 members (excludes halogenated alkanes) is 4. The SMILES string of the molecule is CCCCCCCC(=O)OCCC=CC1OC1C1OC(=O)C=CC=CC(=O)N(C(C)=O)C(=O)C=C(C)CCC2OC2C1OC(=O)NC(C)=O. The molecule has 14 nitrogen and oxygen atoms in total. The Morgan fingerprint density at radius 2 is 1.69 bits per heavy atom. The molecule has 0 aromatic heterocycles. The minimum absolute atomic E-state index is 0.194. The average Bonchev–Trinajstić information content (AvgIpc) is 3.95. The number of rotatable bonds is 12. The number of allylic oxidation sites excluding steroid dienone is 3. The van der Waals surface area contributed by atoms with Gasteiger partial charge in [0.1, 0.15) is 18.3 Å². The van der Waals surface area contributed by atoms with Crippen LogP contribution >= 0.6 is 0 Å². The van der Waals surface area contributed by atoms with E-state index in [-0.39, 0.29) is 12.6 Å². The van der Waals surface area contributed by atoms with Crippen LogP contribution in [0.25, 0.3) is 0 Å². The lowest BCUT2D eigenvalue weighted by Crippen LogP contribution is -2.46. The van der Waals surface area contributed by atoms with E-state index < -0.39 is 72.3 Å². The van der Waals surface area contributed by atoms with Crippen LogP contribution in [0.2, 0.25) is 0 Å². The van der Waals surface area contributed by atoms with Gasteiger partial charge in [0.15, 0.2) is 12.2 Å². The fraction of sp³-hybridized carbons (Fsp3) is 0.571. The second-order valence-corrected chi connectivity index (χ2v) is 12.0. The Balaban J connectivity index is 1.74. The standard InChI is InChI=1S/C35H46N2O12/c1-5-6-7-8-9-16-29(42)45-20-13-12-14-25-31(46-25)33-34(49-35(44)36-23(3)38)32-26(47-32)19-18-22(2)21-28(41)37(24(4)39)27(40)15-10-11-17-30(43)48-33/h10-12,14-15,17,21,25-26,31-34H,5-9,13,16,18-20H2,1-4H3,(H,36,38,44). The monoisotopic (exact) mass is 686 g/mol. The summed E-state index contributed by atoms with van der Waals surface area (Å²) in [4.78, 5) is 86.8. The van der Waals surface area contributed by atoms with Crippen molar-refractivity contribution in [2.24, 2.45) is 0 Å². The minimum atomic E-state index is -1.18. The van der Waals surface area contributed by atoms with E-state index >= 15 is 0 Å². The molecule has 0 aromatic carbocycles. The molecular weight excluding hydrogens is 640 g/mol. The van der Waals surface area contributed by atoms with Crippen LogP contribution in [0.3, 0.4) is 0 Å². The molecule has 49 heavy (non-hydrogen) atoms. The zero-order valence-electron chi connectivity index (χ0n) is 28.4. The summed E-state index contributed by atoms with van der Waals surface area (Å²) in [6.45, 7) is 6.21. The van der Waals surface area contributed by atoms with Crippen molar-refractivity contribution in [1.29, 1.82) is 0 Å². The Bertz CT molecular complexity index is 1370. The first-order chi connectivity index (χ1) is 23.4. The lowest BCUT2D eigenvalue weighted by molar-refractivity contribution is -0.152. The smallest absolute Gasteiger partial charge is 0.414 e. The minimum Gasteiger partial charge on any atom is -0.465 e. The molecule has 0 bridgehead atoms. The van der Waals surface area contributed by atoms with Gasteiger partial charge >= 0.3 is 18.0 Å². The molecule has 6 unspecified atom stereocenters. The van der Waals surface area contributed by atoms with E-state index in [0.717, 1.165) is 58.1 Å². The zero-order chi connectivity index (χ0) is 35.9. The molecule has 0 saturated carbocycles. The van der Waals surface area contributed by atoms with Crippen molar-refractivity contribution in [2.45, 2.75) is 122 Å². The van der Waals surface area contributed by atoms with Crippen molar-refractivity contribution in [3.63, 3.8) is 0 Å². The van der Waals surface area contributed by atoms with Crippen LogP contribution in [-0.2, 0) is 52.5 Å². The summed E-state index contributed by atoms with van der Waals surface area (Å²) in [7, 11) is 0. The van der Waals surface area contributed by atoms with Crippen LogP contribution in [0.1, 0.15) is 85.5 Å². The summed E-state index contributed by atoms with van der Waals surface area (Å²) < 4.78 is 28.2. The number of carbonyl (C=O) groups is 7. The number of alkyl carbamates (subject to hydrolysis) is 1. The molecule has 3 heterocycles. The summed E-state index contributed by atoms with van der Waals surface area (Å²) in [6.07, 6.45) is 9.73. The highest BCUT2D eigenvalue weighted by atomic mass is 16.7. The molecule has 3 rings (SSSR count). The third-order valence-electron chi connectivity index (χ3n) is 7.82. The van der Waals surface area contributed by atoms with Gasteiger partial charge in [0, 0.05) is 38.5 Å². The summed E-state index contributed by atoms with van der Waals surface area (Å²) in [5.74, 6) is -4.27. The van der Waals surface area contributed by atoms with Gasteiger partial charge in [-0.05, 0) is 32.6 Å². The molecule has 0 radical (unpaired) electrons. The Labute approximate surface area is 285 Å². The van der Waals surface area contributed by atoms with Crippen LogP contribution in [0, 0.1) is 0 Å². The molecule has 14 heteroatoms. The third kappa shape index (κ3) is 13.5. The molecular formula is C35H46N2O12. The summed E-state index contributed by atoms with van der Waals surface area (Å²) in [5.41, 5.74) is 0.564. The number of epoxide rings is 2. The van der Waals surface area contributed by atoms with Crippen LogP contribution in [0.4, 0.5) is 4.79 Å². The fourth-order valence-corrected chi connectivity index (χ4v) is 5.24. The number of hydrogen-bond donors (Lipinski definition) is 1. The highest BCUT2D eigenvalue weighted by Gasteiger charge is 2.58. The van der Waals surface area contributed by atoms with Gasteiger partial charge in [-0.2, -0.15) is 0 Å². The van der Waals surface area contributed by atoms with Gasteiger partial charge in [0.25, 0.3) is 11.8 Å². The predicted molar refractivity (Wildman–Crippen MR) is 173 cm³/mol. The second-order valence-electron chi connectivity index (χ2n) is 12.0. The summed E-state index contributed by atoms with van der Waals surface area (Å²) in [6, 6.07) is 0. The topological polar surface area (TPSA) is 188 Å². The number of amides is 5. The normalized spacial score (nSPS) is 25.9. The molecule has 2 saturated heterocycles. The quantitative estimate of drug-likeness (QED) is 0.0785. The molecule has 1 N–H and O–H groups in total. The van der Waals surface area contributed by atoms with Crippen molar-refractivity contribution < 1.29 is 57.2 Å². The Hall–Kier alpha value is -4.43. The Kier molecular flexibility index (Phi) is 15.6. The van der Waals surface area contributed by atoms with E-state index in [1.54, 1.807) is 19.1 Å². The number of esters is 2. The Morgan fingerprint density at radius 1 is 0.959 bits per heavy atom. The van der Waals surface area contributed by atoms with Crippen molar-refractivity contribution in [3.05, 3.63) is 48.1 Å². The van der Waals surface area contributed by atoms with E-state index in [0.29, 0.717) is 36.2 Å². The van der Waals surface area contributed by atoms with Gasteiger partial charge in [-0.25, -0.2) is 14.5 Å². The highest BCUT2D eigenvalue weighted by Crippen LogP contribution is 2.39. The molecule has 3 aliphatic heterocycles. The number of carbonyl (C=O) groups excluding carboxylic acids is 7. The number of cyclic esters (lactones) is 1. The average molecular weight is 687 g/mol. The van der Waals surface area contributed by atoms with Crippen molar-refractivity contribution in [1.82, 2.24) is 10.2 Å². The molecule has 2 fully saturated rings. The fourth-order valence-electron chi connectivity index (χ4n) is 5.24. The lowest BCUT2D eigenvalue weighted by Gasteiger charge is -2.24. The summed E-state index contributed by atoms with van der Waals surface area (Å²) >= 11 is 0. The van der Waals surface area contributed by atoms with Crippen LogP contribution in [0.5, 0.6) is 0 Å². The first kappa shape index (κ1) is 39.0. The highest BCUT2D eigenvalue weighted by molar-refractivity contribution is 6.16. The number of imide groups is 4. The van der Waals surface area contributed by atoms with Crippen molar-refractivity contribution in [2.75, 3.05) is 6.61 Å². The number of nitrogens with zero attached hydrogens (tertiary/aromatic N) is 1. The van der Waals surface area contributed by atoms with Gasteiger partial charge in [-0.15, -0.1) is 0 Å². The van der Waals surface area contributed by atoms with Gasteiger partial charge < -0.3 is 23.7 Å². The maximum absolute atomic E-state index is 12.9. The summed E-state index contributed by atoms with van der Waals surface area (Å²) in [5, 5.41) is 2.04. The third-order valence-corrected chi connectivity index (χ3v) is 7.82. The number of hydrogen-bond acceptors (Lipinski definition) is 12. The van der Waals surface area contributed by atoms with Crippen molar-refractivity contribution in [3.8, 4) is 0 Å². The van der Waals surface area contributed by atoms with Crippen molar-refractivity contribution >= 4 is 41.7 Å². The van der Waals surface area contributed by atoms with Gasteiger partial charge in [0.05, 0.1) is 12.7 Å². The van der Waals surface area contributed by atoms with Gasteiger partial charge in [0.2, 0.25) is 11.8 Å². The molecule has 3 aliphatic rings. The number of ether oxygens (including phenoxy) is 5. The molecule has 6 atom stereocenters. The first-order valence-electron chi connectivity index (χ1n) is 16.6. The van der Waals surface area contributed by atoms with Crippen LogP contribution < -0.4 is 5.32 Å². The maximum atomic E-state index is 12.9. The molecule has 0 aliphatic carbocycles. The maximum Gasteiger partial charge on any atom is 0.414 e. The Morgan fingerprint density at radius 3 is 2.41 bits per heavy atom. The largest absolute Gasteiger partial charge is 0.465 e. The molecule has 268 valence electrons. The predicted octanol–water partition coefficient (Wildman–Crippen LogP) is 3.68. The van der Waals surface area contributed by atoms with Crippen LogP contribution in [0.15, 0.2) is 48.1 Å². The second kappa shape index (κ2) is 19.5. The van der Waals surface area contributed by atoms with E-state index in [4.69, 9.17) is 23.7 Å². The zero-order valence-corrected chi connectivity index (χ0v) is 28.4. The van der Waals surface area contributed by atoms with Gasteiger partial charge in [-0.3, -0.25) is 29.3 Å². The van der Waals surface area contributed by atoms with E-state index in [1.165, 1.54) is 18.2 Å². The first-order valence-corrected chi connectivity index (χ1v) is 16.6. The van der Waals surface area contributed by atoms with E-state index in [2.05, 4.69) is 6.92 Å². The number of fused-ring (bicyclic) bond motifs is 1. The molecule has 0 spiro atoms. The van der Waals surface area contributed by atoms with Crippen LogP contribution in [-0.4, -0.2) is 89.8 Å². The van der Waals surface area contributed by atoms with E-state index in [9.17, 15) is 33.6 Å². The lowest BCUT2D eigenvalue weighted by atomic mass is 10.00.